The SMILES string of the molecule is COc1ccc2[nH]c3c(c2c1)CN(C(=O)c1c(C)oc2c1C(=O)CCC2)CC3. The van der Waals surface area contributed by atoms with Crippen LogP contribution in [0.3, 0.4) is 0 Å². The lowest BCUT2D eigenvalue weighted by molar-refractivity contribution is 0.0728. The molecule has 28 heavy (non-hydrogen) atoms. The predicted octanol–water partition coefficient (Wildman–Crippen LogP) is 3.80. The lowest BCUT2D eigenvalue weighted by atomic mass is 9.92. The summed E-state index contributed by atoms with van der Waals surface area (Å²) < 4.78 is 11.1. The molecule has 1 aliphatic heterocycles. The van der Waals surface area contributed by atoms with Gasteiger partial charge in [0.1, 0.15) is 17.3 Å². The molecule has 5 rings (SSSR count). The number of fused-ring (bicyclic) bond motifs is 4. The van der Waals surface area contributed by atoms with E-state index in [0.29, 0.717) is 42.2 Å². The second-order valence-electron chi connectivity index (χ2n) is 7.58. The van der Waals surface area contributed by atoms with Gasteiger partial charge < -0.3 is 19.0 Å². The maximum Gasteiger partial charge on any atom is 0.258 e. The van der Waals surface area contributed by atoms with Gasteiger partial charge in [0.2, 0.25) is 0 Å². The Bertz CT molecular complexity index is 1120. The third-order valence-corrected chi connectivity index (χ3v) is 5.93. The number of benzene rings is 1. The van der Waals surface area contributed by atoms with Crippen LogP contribution in [0.5, 0.6) is 5.75 Å². The van der Waals surface area contributed by atoms with E-state index < -0.39 is 0 Å². The lowest BCUT2D eigenvalue weighted by Crippen LogP contribution is -2.36. The van der Waals surface area contributed by atoms with Crippen molar-refractivity contribution in [1.29, 1.82) is 0 Å². The third kappa shape index (κ3) is 2.47. The standard InChI is InChI=1S/C22H22N2O4/c1-12-20(21-18(25)4-3-5-19(21)28-12)22(26)24-9-8-17-15(11-24)14-10-13(27-2)6-7-16(14)23-17/h6-7,10,23H,3-5,8-9,11H2,1-2H3. The summed E-state index contributed by atoms with van der Waals surface area (Å²) >= 11 is 0. The van der Waals surface area contributed by atoms with Crippen LogP contribution in [0.1, 0.15) is 56.3 Å². The zero-order valence-corrected chi connectivity index (χ0v) is 16.1. The molecule has 3 heterocycles. The molecule has 0 saturated carbocycles. The number of furan rings is 1. The van der Waals surface area contributed by atoms with Gasteiger partial charge in [0.05, 0.1) is 18.2 Å². The molecule has 1 N–H and O–H groups in total. The van der Waals surface area contributed by atoms with Crippen molar-refractivity contribution in [1.82, 2.24) is 9.88 Å². The number of carbonyl (C=O) groups excluding carboxylic acids is 2. The molecular formula is C22H22N2O4. The molecule has 2 aliphatic rings. The van der Waals surface area contributed by atoms with Crippen LogP contribution >= 0.6 is 0 Å². The van der Waals surface area contributed by atoms with Gasteiger partial charge in [0, 0.05) is 54.5 Å². The Morgan fingerprint density at radius 1 is 1.25 bits per heavy atom. The number of aryl methyl sites for hydroxylation is 2. The summed E-state index contributed by atoms with van der Waals surface area (Å²) in [7, 11) is 1.65. The largest absolute Gasteiger partial charge is 0.497 e. The maximum atomic E-state index is 13.4. The zero-order chi connectivity index (χ0) is 19.4. The van der Waals surface area contributed by atoms with Gasteiger partial charge in [-0.15, -0.1) is 0 Å². The van der Waals surface area contributed by atoms with Crippen molar-refractivity contribution in [2.24, 2.45) is 0 Å². The number of aromatic amines is 1. The minimum absolute atomic E-state index is 0.0241. The van der Waals surface area contributed by atoms with E-state index in [1.54, 1.807) is 14.0 Å². The molecule has 3 aromatic rings. The average molecular weight is 378 g/mol. The number of aromatic nitrogens is 1. The van der Waals surface area contributed by atoms with Crippen molar-refractivity contribution < 1.29 is 18.7 Å². The fraction of sp³-hybridized carbons (Fsp3) is 0.364. The molecule has 0 bridgehead atoms. The minimum atomic E-state index is -0.111. The van der Waals surface area contributed by atoms with Crippen molar-refractivity contribution in [3.05, 3.63) is 52.1 Å². The number of Topliss-reactive ketones (excluding diaryl/α,β-unsaturated/α-hetero) is 1. The monoisotopic (exact) mass is 378 g/mol. The number of hydrogen-bond acceptors (Lipinski definition) is 4. The number of nitrogens with zero attached hydrogens (tertiary/aromatic N) is 1. The molecule has 0 unspecified atom stereocenters. The molecule has 144 valence electrons. The second-order valence-corrected chi connectivity index (χ2v) is 7.58. The van der Waals surface area contributed by atoms with Gasteiger partial charge in [-0.05, 0) is 31.5 Å². The predicted molar refractivity (Wildman–Crippen MR) is 104 cm³/mol. The summed E-state index contributed by atoms with van der Waals surface area (Å²) in [5.41, 5.74) is 4.30. The number of ketones is 1. The lowest BCUT2D eigenvalue weighted by Gasteiger charge is -2.27. The second kappa shape index (κ2) is 6.26. The number of carbonyl (C=O) groups is 2. The van der Waals surface area contributed by atoms with E-state index in [4.69, 9.17) is 9.15 Å². The topological polar surface area (TPSA) is 75.5 Å². The van der Waals surface area contributed by atoms with Gasteiger partial charge in [0.15, 0.2) is 5.78 Å². The highest BCUT2D eigenvalue weighted by Gasteiger charge is 2.34. The zero-order valence-electron chi connectivity index (χ0n) is 16.1. The van der Waals surface area contributed by atoms with E-state index in [1.165, 1.54) is 0 Å². The van der Waals surface area contributed by atoms with Crippen LogP contribution in [0, 0.1) is 6.92 Å². The normalized spacial score (nSPS) is 16.2. The fourth-order valence-electron chi connectivity index (χ4n) is 4.52. The Morgan fingerprint density at radius 3 is 2.93 bits per heavy atom. The molecule has 0 fully saturated rings. The van der Waals surface area contributed by atoms with Gasteiger partial charge >= 0.3 is 0 Å². The first-order chi connectivity index (χ1) is 13.6. The number of amides is 1. The van der Waals surface area contributed by atoms with Crippen LogP contribution in [0.2, 0.25) is 0 Å². The van der Waals surface area contributed by atoms with Crippen LogP contribution in [0.15, 0.2) is 22.6 Å². The number of ether oxygens (including phenoxy) is 1. The van der Waals surface area contributed by atoms with Gasteiger partial charge in [-0.25, -0.2) is 0 Å². The van der Waals surface area contributed by atoms with Gasteiger partial charge in [-0.2, -0.15) is 0 Å². The molecule has 0 spiro atoms. The molecule has 0 radical (unpaired) electrons. The van der Waals surface area contributed by atoms with E-state index >= 15 is 0 Å². The molecule has 0 atom stereocenters. The van der Waals surface area contributed by atoms with Gasteiger partial charge in [0.25, 0.3) is 5.91 Å². The number of rotatable bonds is 2. The van der Waals surface area contributed by atoms with Crippen molar-refractivity contribution >= 4 is 22.6 Å². The first-order valence-electron chi connectivity index (χ1n) is 9.69. The first kappa shape index (κ1) is 17.1. The van der Waals surface area contributed by atoms with E-state index in [9.17, 15) is 9.59 Å². The number of hydrogen-bond donors (Lipinski definition) is 1. The van der Waals surface area contributed by atoms with Gasteiger partial charge in [-0.1, -0.05) is 0 Å². The highest BCUT2D eigenvalue weighted by molar-refractivity contribution is 6.10. The van der Waals surface area contributed by atoms with Gasteiger partial charge in [-0.3, -0.25) is 9.59 Å². The Kier molecular flexibility index (Phi) is 3.82. The van der Waals surface area contributed by atoms with Crippen molar-refractivity contribution in [3.63, 3.8) is 0 Å². The van der Waals surface area contributed by atoms with Crippen LogP contribution in [0.25, 0.3) is 10.9 Å². The summed E-state index contributed by atoms with van der Waals surface area (Å²) in [5, 5.41) is 1.08. The Labute approximate surface area is 162 Å². The fourth-order valence-corrected chi connectivity index (χ4v) is 4.52. The smallest absolute Gasteiger partial charge is 0.258 e. The molecular weight excluding hydrogens is 356 g/mol. The highest BCUT2D eigenvalue weighted by atomic mass is 16.5. The van der Waals surface area contributed by atoms with Crippen LogP contribution < -0.4 is 4.74 Å². The summed E-state index contributed by atoms with van der Waals surface area (Å²) in [6.07, 6.45) is 2.75. The molecule has 1 aromatic carbocycles. The summed E-state index contributed by atoms with van der Waals surface area (Å²) in [5.74, 6) is 1.93. The Hall–Kier alpha value is -3.02. The van der Waals surface area contributed by atoms with Crippen LogP contribution in [-0.4, -0.2) is 35.2 Å². The molecule has 2 aromatic heterocycles. The van der Waals surface area contributed by atoms with E-state index in [0.717, 1.165) is 47.2 Å². The quantitative estimate of drug-likeness (QED) is 0.736. The van der Waals surface area contributed by atoms with Crippen molar-refractivity contribution in [3.8, 4) is 5.75 Å². The minimum Gasteiger partial charge on any atom is -0.497 e. The Balaban J connectivity index is 1.52. The summed E-state index contributed by atoms with van der Waals surface area (Å²) in [6.45, 7) is 2.91. The third-order valence-electron chi connectivity index (χ3n) is 5.93. The first-order valence-corrected chi connectivity index (χ1v) is 9.69. The molecule has 0 saturated heterocycles. The number of nitrogens with one attached hydrogen (secondary N) is 1. The summed E-state index contributed by atoms with van der Waals surface area (Å²) in [6, 6.07) is 5.95. The molecule has 1 aliphatic carbocycles. The highest BCUT2D eigenvalue weighted by Crippen LogP contribution is 2.34. The molecule has 6 nitrogen and oxygen atoms in total. The maximum absolute atomic E-state index is 13.4. The molecule has 1 amide bonds. The summed E-state index contributed by atoms with van der Waals surface area (Å²) in [4.78, 5) is 31.1. The number of H-pyrrole nitrogens is 1. The van der Waals surface area contributed by atoms with E-state index in [1.807, 2.05) is 23.1 Å². The van der Waals surface area contributed by atoms with E-state index in [2.05, 4.69) is 4.98 Å². The Morgan fingerprint density at radius 2 is 2.11 bits per heavy atom. The van der Waals surface area contributed by atoms with Crippen molar-refractivity contribution in [2.75, 3.05) is 13.7 Å². The van der Waals surface area contributed by atoms with Crippen molar-refractivity contribution in [2.45, 2.75) is 39.2 Å². The van der Waals surface area contributed by atoms with Crippen LogP contribution in [0.4, 0.5) is 0 Å². The molecule has 6 heteroatoms. The average Bonchev–Trinajstić information content (AvgIpc) is 3.24. The number of methoxy groups -OCH3 is 1. The van der Waals surface area contributed by atoms with E-state index in [-0.39, 0.29) is 11.7 Å². The van der Waals surface area contributed by atoms with Crippen LogP contribution in [-0.2, 0) is 19.4 Å².